The Kier molecular flexibility index (Phi) is 6.13. The van der Waals surface area contributed by atoms with E-state index >= 15 is 0 Å². The van der Waals surface area contributed by atoms with Crippen molar-refractivity contribution in [3.63, 3.8) is 0 Å². The van der Waals surface area contributed by atoms with Crippen molar-refractivity contribution >= 4 is 34.8 Å². The van der Waals surface area contributed by atoms with E-state index in [0.717, 1.165) is 6.07 Å². The minimum absolute atomic E-state index is 0.165. The summed E-state index contributed by atoms with van der Waals surface area (Å²) in [4.78, 5) is 24.9. The maximum atomic E-state index is 14.0. The Morgan fingerprint density at radius 2 is 1.91 bits per heavy atom. The van der Waals surface area contributed by atoms with Crippen LogP contribution in [0.25, 0.3) is 11.2 Å². The Hall–Kier alpha value is -3.02. The predicted octanol–water partition coefficient (Wildman–Crippen LogP) is 3.38. The third-order valence-electron chi connectivity index (χ3n) is 4.76. The minimum atomic E-state index is -0.889. The number of hydrogen-bond acceptors (Lipinski definition) is 8. The van der Waals surface area contributed by atoms with Gasteiger partial charge in [-0.25, -0.2) is 18.6 Å². The number of H-pyrrole nitrogens is 1. The van der Waals surface area contributed by atoms with E-state index in [9.17, 15) is 13.6 Å². The number of carbonyl (C=O) groups excluding carboxylic acids is 1. The van der Waals surface area contributed by atoms with Gasteiger partial charge in [0.1, 0.15) is 5.60 Å². The van der Waals surface area contributed by atoms with Crippen molar-refractivity contribution in [1.29, 1.82) is 0 Å². The second-order valence-corrected chi connectivity index (χ2v) is 9.22. The number of aromatic amines is 1. The molecular weight excluding hydrogens is 440 g/mol. The summed E-state index contributed by atoms with van der Waals surface area (Å²) in [5.41, 5.74) is 0.566. The Balaban J connectivity index is 1.49. The molecule has 0 saturated carbocycles. The highest BCUT2D eigenvalue weighted by Crippen LogP contribution is 2.28. The molecular formula is C20H23F2N7O2S. The van der Waals surface area contributed by atoms with Crippen molar-refractivity contribution in [1.82, 2.24) is 30.3 Å². The Morgan fingerprint density at radius 1 is 1.16 bits per heavy atom. The number of aromatic nitrogens is 5. The molecule has 9 nitrogen and oxygen atoms in total. The number of ether oxygens (including phenoxy) is 1. The van der Waals surface area contributed by atoms with Gasteiger partial charge >= 0.3 is 6.09 Å². The number of nitrogens with one attached hydrogen (secondary N) is 1. The van der Waals surface area contributed by atoms with Crippen LogP contribution in [0, 0.1) is 11.6 Å². The Labute approximate surface area is 187 Å². The zero-order valence-electron chi connectivity index (χ0n) is 17.9. The first-order valence-corrected chi connectivity index (χ1v) is 11.1. The van der Waals surface area contributed by atoms with Crippen LogP contribution in [0.15, 0.2) is 23.4 Å². The standard InChI is InChI=1S/C20H23F2N7O2S/c1-20(2,3)31-19(30)29-9-7-28(8-10-29)17-15-16(26-27-25-15)23-18(24-17)32-11-12-5-4-6-13(21)14(12)22/h4-6H,7-11H2,1-3H3,(H,23,24,25,26,27). The summed E-state index contributed by atoms with van der Waals surface area (Å²) in [6.45, 7) is 7.49. The molecule has 0 atom stereocenters. The molecule has 0 radical (unpaired) electrons. The van der Waals surface area contributed by atoms with E-state index < -0.39 is 17.2 Å². The van der Waals surface area contributed by atoms with Crippen molar-refractivity contribution in [2.24, 2.45) is 0 Å². The number of anilines is 1. The number of thioether (sulfide) groups is 1. The van der Waals surface area contributed by atoms with Crippen molar-refractivity contribution in [3.8, 4) is 0 Å². The van der Waals surface area contributed by atoms with E-state index in [1.54, 1.807) is 4.90 Å². The average molecular weight is 464 g/mol. The van der Waals surface area contributed by atoms with E-state index in [1.807, 2.05) is 25.7 Å². The second kappa shape index (κ2) is 8.85. The van der Waals surface area contributed by atoms with Crippen LogP contribution in [0.5, 0.6) is 0 Å². The first-order valence-electron chi connectivity index (χ1n) is 10.1. The number of rotatable bonds is 4. The molecule has 0 aliphatic carbocycles. The highest BCUT2D eigenvalue weighted by atomic mass is 32.2. The lowest BCUT2D eigenvalue weighted by Gasteiger charge is -2.36. The van der Waals surface area contributed by atoms with Gasteiger partial charge < -0.3 is 14.5 Å². The molecule has 2 aromatic heterocycles. The fraction of sp³-hybridized carbons (Fsp3) is 0.450. The van der Waals surface area contributed by atoms with Gasteiger partial charge in [-0.3, -0.25) is 0 Å². The van der Waals surface area contributed by atoms with Crippen molar-refractivity contribution in [3.05, 3.63) is 35.4 Å². The molecule has 3 aromatic rings. The van der Waals surface area contributed by atoms with Crippen molar-refractivity contribution in [2.45, 2.75) is 37.3 Å². The van der Waals surface area contributed by atoms with Crippen LogP contribution in [0.1, 0.15) is 26.3 Å². The molecule has 0 bridgehead atoms. The highest BCUT2D eigenvalue weighted by Gasteiger charge is 2.28. The topological polar surface area (TPSA) is 100 Å². The molecule has 1 aliphatic heterocycles. The molecule has 32 heavy (non-hydrogen) atoms. The van der Waals surface area contributed by atoms with E-state index in [4.69, 9.17) is 4.74 Å². The number of amides is 1. The van der Waals surface area contributed by atoms with Gasteiger partial charge in [-0.1, -0.05) is 23.9 Å². The summed E-state index contributed by atoms with van der Waals surface area (Å²) >= 11 is 1.18. The number of carbonyl (C=O) groups is 1. The maximum Gasteiger partial charge on any atom is 0.410 e. The van der Waals surface area contributed by atoms with Crippen molar-refractivity contribution in [2.75, 3.05) is 31.1 Å². The van der Waals surface area contributed by atoms with E-state index in [-0.39, 0.29) is 17.4 Å². The van der Waals surface area contributed by atoms with Gasteiger partial charge in [0.2, 0.25) is 5.65 Å². The van der Waals surface area contributed by atoms with E-state index in [0.29, 0.717) is 48.3 Å². The summed E-state index contributed by atoms with van der Waals surface area (Å²) < 4.78 is 32.9. The second-order valence-electron chi connectivity index (χ2n) is 8.28. The Morgan fingerprint density at radius 3 is 2.62 bits per heavy atom. The summed E-state index contributed by atoms with van der Waals surface area (Å²) in [5.74, 6) is -1.02. The van der Waals surface area contributed by atoms with Gasteiger partial charge in [-0.05, 0) is 26.8 Å². The number of hydrogen-bond donors (Lipinski definition) is 1. The average Bonchev–Trinajstić information content (AvgIpc) is 3.22. The number of benzene rings is 1. The number of halogens is 2. The molecule has 1 fully saturated rings. The van der Waals surface area contributed by atoms with Crippen LogP contribution in [-0.2, 0) is 10.5 Å². The summed E-state index contributed by atoms with van der Waals surface area (Å²) in [6.07, 6.45) is -0.347. The lowest BCUT2D eigenvalue weighted by Crippen LogP contribution is -2.50. The molecule has 4 rings (SSSR count). The first kappa shape index (κ1) is 22.2. The monoisotopic (exact) mass is 463 g/mol. The molecule has 12 heteroatoms. The number of piperazine rings is 1. The third-order valence-corrected chi connectivity index (χ3v) is 5.66. The highest BCUT2D eigenvalue weighted by molar-refractivity contribution is 7.98. The quantitative estimate of drug-likeness (QED) is 0.464. The van der Waals surface area contributed by atoms with Crippen LogP contribution in [-0.4, -0.2) is 68.2 Å². The van der Waals surface area contributed by atoms with Crippen LogP contribution in [0.4, 0.5) is 19.4 Å². The van der Waals surface area contributed by atoms with Gasteiger partial charge in [0, 0.05) is 37.5 Å². The Bertz CT molecular complexity index is 1130. The van der Waals surface area contributed by atoms with Crippen LogP contribution >= 0.6 is 11.8 Å². The largest absolute Gasteiger partial charge is 0.444 e. The maximum absolute atomic E-state index is 14.0. The molecule has 0 spiro atoms. The zero-order valence-corrected chi connectivity index (χ0v) is 18.7. The van der Waals surface area contributed by atoms with Gasteiger partial charge in [0.05, 0.1) is 0 Å². The minimum Gasteiger partial charge on any atom is -0.444 e. The zero-order chi connectivity index (χ0) is 22.9. The lowest BCUT2D eigenvalue weighted by atomic mass is 10.2. The fourth-order valence-electron chi connectivity index (χ4n) is 3.23. The molecule has 1 aliphatic rings. The normalized spacial score (nSPS) is 14.8. The fourth-order valence-corrected chi connectivity index (χ4v) is 4.04. The van der Waals surface area contributed by atoms with Gasteiger partial charge in [0.25, 0.3) is 0 Å². The molecule has 170 valence electrons. The van der Waals surface area contributed by atoms with E-state index in [1.165, 1.54) is 23.9 Å². The third kappa shape index (κ3) is 4.90. The summed E-state index contributed by atoms with van der Waals surface area (Å²) in [7, 11) is 0. The van der Waals surface area contributed by atoms with Gasteiger partial charge in [-0.2, -0.15) is 15.3 Å². The van der Waals surface area contributed by atoms with Crippen LogP contribution < -0.4 is 4.90 Å². The van der Waals surface area contributed by atoms with Gasteiger partial charge in [0.15, 0.2) is 28.1 Å². The SMILES string of the molecule is CC(C)(C)OC(=O)N1CCN(c2nc(SCc3cccc(F)c3F)nc3n[nH]nc23)CC1. The van der Waals surface area contributed by atoms with Crippen LogP contribution in [0.2, 0.25) is 0 Å². The van der Waals surface area contributed by atoms with E-state index in [2.05, 4.69) is 25.4 Å². The number of fused-ring (bicyclic) bond motifs is 1. The van der Waals surface area contributed by atoms with Crippen molar-refractivity contribution < 1.29 is 18.3 Å². The van der Waals surface area contributed by atoms with Crippen LogP contribution in [0.3, 0.4) is 0 Å². The molecule has 0 unspecified atom stereocenters. The lowest BCUT2D eigenvalue weighted by molar-refractivity contribution is 0.0240. The molecule has 1 N–H and O–H groups in total. The predicted molar refractivity (Wildman–Crippen MR) is 115 cm³/mol. The summed E-state index contributed by atoms with van der Waals surface area (Å²) in [6, 6.07) is 4.07. The number of nitrogens with zero attached hydrogens (tertiary/aromatic N) is 6. The first-order chi connectivity index (χ1) is 15.2. The molecule has 1 saturated heterocycles. The summed E-state index contributed by atoms with van der Waals surface area (Å²) in [5, 5.41) is 11.1. The van der Waals surface area contributed by atoms with Gasteiger partial charge in [-0.15, -0.1) is 5.10 Å². The molecule has 1 amide bonds. The molecule has 3 heterocycles. The smallest absolute Gasteiger partial charge is 0.410 e. The molecule has 1 aromatic carbocycles.